The number of carbonyl (C=O) groups excluding carboxylic acids is 1. The Hall–Kier alpha value is -2.17. The highest BCUT2D eigenvalue weighted by molar-refractivity contribution is 7.91. The van der Waals surface area contributed by atoms with Gasteiger partial charge in [0.2, 0.25) is 0 Å². The summed E-state index contributed by atoms with van der Waals surface area (Å²) < 4.78 is 24.5. The average Bonchev–Trinajstić information content (AvgIpc) is 2.97. The molecule has 1 atom stereocenters. The standard InChI is InChI=1S/C19H20N2O3S2/c1-3-26(23,24)17-7-5-4-6-14(17)18(22)21-19-15(11-20)13-9-8-12(2)10-16(13)25-19/h4-7,12H,3,8-10H2,1-2H3,(H,21,22). The molecule has 1 aromatic carbocycles. The van der Waals surface area contributed by atoms with Gasteiger partial charge in [-0.25, -0.2) is 8.42 Å². The van der Waals surface area contributed by atoms with Gasteiger partial charge in [0.25, 0.3) is 5.91 Å². The first-order chi connectivity index (χ1) is 12.4. The number of fused-ring (bicyclic) bond motifs is 1. The second kappa shape index (κ2) is 7.22. The van der Waals surface area contributed by atoms with Crippen molar-refractivity contribution in [2.24, 2.45) is 5.92 Å². The lowest BCUT2D eigenvalue weighted by Crippen LogP contribution is -2.17. The van der Waals surface area contributed by atoms with Crippen LogP contribution in [0.5, 0.6) is 0 Å². The van der Waals surface area contributed by atoms with Gasteiger partial charge in [-0.15, -0.1) is 11.3 Å². The monoisotopic (exact) mass is 388 g/mol. The third kappa shape index (κ3) is 3.39. The molecule has 0 saturated heterocycles. The maximum Gasteiger partial charge on any atom is 0.257 e. The number of benzene rings is 1. The van der Waals surface area contributed by atoms with Crippen LogP contribution in [0.2, 0.25) is 0 Å². The van der Waals surface area contributed by atoms with Gasteiger partial charge in [-0.3, -0.25) is 4.79 Å². The molecule has 0 saturated carbocycles. The van der Waals surface area contributed by atoms with E-state index in [4.69, 9.17) is 0 Å². The summed E-state index contributed by atoms with van der Waals surface area (Å²) in [5, 5.41) is 12.8. The molecule has 26 heavy (non-hydrogen) atoms. The molecule has 0 spiro atoms. The molecule has 7 heteroatoms. The summed E-state index contributed by atoms with van der Waals surface area (Å²) in [4.78, 5) is 13.9. The van der Waals surface area contributed by atoms with Gasteiger partial charge in [0.1, 0.15) is 11.1 Å². The van der Waals surface area contributed by atoms with E-state index in [2.05, 4.69) is 18.3 Å². The van der Waals surface area contributed by atoms with Crippen molar-refractivity contribution in [3.8, 4) is 6.07 Å². The van der Waals surface area contributed by atoms with Gasteiger partial charge in [-0.05, 0) is 42.9 Å². The second-order valence-electron chi connectivity index (χ2n) is 6.52. The molecule has 2 aromatic rings. The summed E-state index contributed by atoms with van der Waals surface area (Å²) in [6.45, 7) is 3.73. The highest BCUT2D eigenvalue weighted by atomic mass is 32.2. The summed E-state index contributed by atoms with van der Waals surface area (Å²) in [7, 11) is -3.51. The van der Waals surface area contributed by atoms with Crippen LogP contribution in [0.1, 0.15) is 46.6 Å². The number of hydrogen-bond donors (Lipinski definition) is 1. The molecule has 0 aliphatic heterocycles. The minimum atomic E-state index is -3.51. The molecule has 0 bridgehead atoms. The first kappa shape index (κ1) is 18.6. The number of anilines is 1. The van der Waals surface area contributed by atoms with Crippen LogP contribution >= 0.6 is 11.3 Å². The van der Waals surface area contributed by atoms with E-state index in [9.17, 15) is 18.5 Å². The van der Waals surface area contributed by atoms with Crippen molar-refractivity contribution in [2.75, 3.05) is 11.1 Å². The van der Waals surface area contributed by atoms with Crippen LogP contribution in [0.3, 0.4) is 0 Å². The molecule has 0 fully saturated rings. The summed E-state index contributed by atoms with van der Waals surface area (Å²) in [5.74, 6) is -0.0150. The van der Waals surface area contributed by atoms with Gasteiger partial charge in [-0.2, -0.15) is 5.26 Å². The van der Waals surface area contributed by atoms with Crippen LogP contribution in [-0.4, -0.2) is 20.1 Å². The van der Waals surface area contributed by atoms with Crippen molar-refractivity contribution in [3.63, 3.8) is 0 Å². The highest BCUT2D eigenvalue weighted by Crippen LogP contribution is 2.39. The van der Waals surface area contributed by atoms with Gasteiger partial charge in [0, 0.05) is 4.88 Å². The minimum Gasteiger partial charge on any atom is -0.312 e. The number of sulfone groups is 1. The maximum atomic E-state index is 12.8. The number of thiophene rings is 1. The fraction of sp³-hybridized carbons (Fsp3) is 0.368. The molecule has 1 unspecified atom stereocenters. The quantitative estimate of drug-likeness (QED) is 0.863. The molecule has 136 valence electrons. The number of rotatable bonds is 4. The van der Waals surface area contributed by atoms with E-state index in [1.54, 1.807) is 19.1 Å². The predicted octanol–water partition coefficient (Wildman–Crippen LogP) is 3.79. The largest absolute Gasteiger partial charge is 0.312 e. The summed E-state index contributed by atoms with van der Waals surface area (Å²) in [6.07, 6.45) is 2.78. The van der Waals surface area contributed by atoms with Crippen molar-refractivity contribution in [1.29, 1.82) is 5.26 Å². The Morgan fingerprint density at radius 1 is 1.38 bits per heavy atom. The summed E-state index contributed by atoms with van der Waals surface area (Å²) >= 11 is 1.43. The lowest BCUT2D eigenvalue weighted by Gasteiger charge is -2.17. The smallest absolute Gasteiger partial charge is 0.257 e. The number of carbonyl (C=O) groups is 1. The first-order valence-corrected chi connectivity index (χ1v) is 11.0. The molecule has 1 N–H and O–H groups in total. The Labute approximate surface area is 157 Å². The van der Waals surface area contributed by atoms with E-state index in [0.29, 0.717) is 16.5 Å². The van der Waals surface area contributed by atoms with E-state index in [0.717, 1.165) is 29.7 Å². The van der Waals surface area contributed by atoms with Gasteiger partial charge >= 0.3 is 0 Å². The summed E-state index contributed by atoms with van der Waals surface area (Å²) in [5.41, 5.74) is 1.65. The average molecular weight is 389 g/mol. The van der Waals surface area contributed by atoms with Crippen molar-refractivity contribution in [3.05, 3.63) is 45.8 Å². The zero-order chi connectivity index (χ0) is 18.9. The molecular weight excluding hydrogens is 368 g/mol. The molecule has 3 rings (SSSR count). The molecule has 1 aliphatic carbocycles. The van der Waals surface area contributed by atoms with Crippen LogP contribution < -0.4 is 5.32 Å². The lowest BCUT2D eigenvalue weighted by molar-refractivity contribution is 0.102. The Kier molecular flexibility index (Phi) is 5.17. The van der Waals surface area contributed by atoms with Crippen LogP contribution in [0.15, 0.2) is 29.2 Å². The zero-order valence-corrected chi connectivity index (χ0v) is 16.3. The predicted molar refractivity (Wildman–Crippen MR) is 102 cm³/mol. The number of amides is 1. The van der Waals surface area contributed by atoms with E-state index < -0.39 is 15.7 Å². The first-order valence-electron chi connectivity index (χ1n) is 8.55. The Morgan fingerprint density at radius 3 is 2.81 bits per heavy atom. The molecule has 1 aliphatic rings. The molecule has 5 nitrogen and oxygen atoms in total. The zero-order valence-electron chi connectivity index (χ0n) is 14.7. The molecule has 1 amide bonds. The van der Waals surface area contributed by atoms with Gasteiger partial charge in [0.05, 0.1) is 21.8 Å². The third-order valence-electron chi connectivity index (χ3n) is 4.70. The fourth-order valence-corrected chi connectivity index (χ4v) is 5.66. The van der Waals surface area contributed by atoms with Crippen LogP contribution in [0.25, 0.3) is 0 Å². The van der Waals surface area contributed by atoms with Gasteiger partial charge < -0.3 is 5.32 Å². The topological polar surface area (TPSA) is 87.0 Å². The number of nitriles is 1. The molecule has 1 heterocycles. The van der Waals surface area contributed by atoms with Crippen molar-refractivity contribution in [1.82, 2.24) is 0 Å². The van der Waals surface area contributed by atoms with Crippen LogP contribution in [0, 0.1) is 17.2 Å². The van der Waals surface area contributed by atoms with E-state index in [1.165, 1.54) is 23.5 Å². The van der Waals surface area contributed by atoms with Crippen LogP contribution in [0.4, 0.5) is 5.00 Å². The minimum absolute atomic E-state index is 0.0217. The lowest BCUT2D eigenvalue weighted by atomic mass is 9.88. The van der Waals surface area contributed by atoms with Crippen molar-refractivity contribution >= 4 is 32.1 Å². The Balaban J connectivity index is 1.97. The van der Waals surface area contributed by atoms with E-state index >= 15 is 0 Å². The Morgan fingerprint density at radius 2 is 2.12 bits per heavy atom. The molecule has 0 radical (unpaired) electrons. The van der Waals surface area contributed by atoms with Crippen LogP contribution in [-0.2, 0) is 22.7 Å². The van der Waals surface area contributed by atoms with Crippen molar-refractivity contribution in [2.45, 2.75) is 38.0 Å². The SMILES string of the molecule is CCS(=O)(=O)c1ccccc1C(=O)Nc1sc2c(c1C#N)CCC(C)C2. The Bertz CT molecular complexity index is 1000. The van der Waals surface area contributed by atoms with Gasteiger partial charge in [0.15, 0.2) is 9.84 Å². The normalized spacial score (nSPS) is 16.6. The number of hydrogen-bond acceptors (Lipinski definition) is 5. The molecular formula is C19H20N2O3S2. The molecule has 1 aromatic heterocycles. The summed E-state index contributed by atoms with van der Waals surface area (Å²) in [6, 6.07) is 8.39. The maximum absolute atomic E-state index is 12.8. The number of nitrogens with zero attached hydrogens (tertiary/aromatic N) is 1. The van der Waals surface area contributed by atoms with Crippen molar-refractivity contribution < 1.29 is 13.2 Å². The highest BCUT2D eigenvalue weighted by Gasteiger charge is 2.26. The van der Waals surface area contributed by atoms with E-state index in [1.807, 2.05) is 0 Å². The van der Waals surface area contributed by atoms with Gasteiger partial charge in [-0.1, -0.05) is 26.0 Å². The second-order valence-corrected chi connectivity index (χ2v) is 9.87. The fourth-order valence-electron chi connectivity index (χ4n) is 3.21. The number of nitrogens with one attached hydrogen (secondary N) is 1. The third-order valence-corrected chi connectivity index (χ3v) is 7.65. The van der Waals surface area contributed by atoms with E-state index in [-0.39, 0.29) is 16.2 Å².